The van der Waals surface area contributed by atoms with E-state index >= 15 is 0 Å². The molecular weight excluding hydrogens is 374 g/mol. The summed E-state index contributed by atoms with van der Waals surface area (Å²) in [5.41, 5.74) is 2.78. The van der Waals surface area contributed by atoms with Gasteiger partial charge in [-0.2, -0.15) is 11.8 Å². The van der Waals surface area contributed by atoms with Crippen LogP contribution in [0.25, 0.3) is 11.4 Å². The van der Waals surface area contributed by atoms with Crippen molar-refractivity contribution < 1.29 is 9.53 Å². The SMILES string of the molecule is CNC(=O)Nc1ccc(-c2nc(N3CCOCC3)cc(C3(SC)CC3)n2)cc1. The van der Waals surface area contributed by atoms with Crippen LogP contribution in [0.1, 0.15) is 18.5 Å². The molecule has 2 N–H and O–H groups in total. The van der Waals surface area contributed by atoms with Gasteiger partial charge in [0.2, 0.25) is 0 Å². The van der Waals surface area contributed by atoms with Crippen LogP contribution in [-0.2, 0) is 9.48 Å². The minimum atomic E-state index is -0.240. The summed E-state index contributed by atoms with van der Waals surface area (Å²) in [5, 5.41) is 5.32. The van der Waals surface area contributed by atoms with Gasteiger partial charge < -0.3 is 20.3 Å². The molecule has 4 rings (SSSR count). The molecule has 1 aliphatic heterocycles. The molecule has 0 bridgehead atoms. The highest BCUT2D eigenvalue weighted by Gasteiger charge is 2.45. The highest BCUT2D eigenvalue weighted by atomic mass is 32.2. The number of anilines is 2. The number of hydrogen-bond donors (Lipinski definition) is 2. The average Bonchev–Trinajstić information content (AvgIpc) is 3.56. The fourth-order valence-electron chi connectivity index (χ4n) is 3.33. The molecule has 2 heterocycles. The first-order chi connectivity index (χ1) is 13.6. The normalized spacial score (nSPS) is 17.9. The van der Waals surface area contributed by atoms with Gasteiger partial charge in [0.05, 0.1) is 23.7 Å². The van der Waals surface area contributed by atoms with Gasteiger partial charge in [0.25, 0.3) is 0 Å². The molecule has 0 radical (unpaired) electrons. The Kier molecular flexibility index (Phi) is 5.41. The first kappa shape index (κ1) is 19.0. The van der Waals surface area contributed by atoms with Crippen LogP contribution in [0.3, 0.4) is 0 Å². The van der Waals surface area contributed by atoms with Gasteiger partial charge in [-0.05, 0) is 43.4 Å². The molecule has 0 atom stereocenters. The standard InChI is InChI=1S/C20H25N5O2S/c1-21-19(26)22-15-5-3-14(4-6-15)18-23-16(20(28-2)7-8-20)13-17(24-18)25-9-11-27-12-10-25/h3-6,13H,7-12H2,1-2H3,(H2,21,22,26). The van der Waals surface area contributed by atoms with Crippen LogP contribution < -0.4 is 15.5 Å². The third-order valence-electron chi connectivity index (χ3n) is 5.24. The molecular formula is C20H25N5O2S. The summed E-state index contributed by atoms with van der Waals surface area (Å²) < 4.78 is 5.62. The molecule has 1 saturated carbocycles. The summed E-state index contributed by atoms with van der Waals surface area (Å²) in [6, 6.07) is 9.56. The van der Waals surface area contributed by atoms with Crippen LogP contribution >= 0.6 is 11.8 Å². The number of carbonyl (C=O) groups excluding carboxylic acids is 1. The van der Waals surface area contributed by atoms with E-state index in [9.17, 15) is 4.79 Å². The molecule has 148 valence electrons. The average molecular weight is 400 g/mol. The predicted molar refractivity (Wildman–Crippen MR) is 113 cm³/mol. The van der Waals surface area contributed by atoms with Gasteiger partial charge in [-0.1, -0.05) is 0 Å². The molecule has 1 aromatic carbocycles. The van der Waals surface area contributed by atoms with Crippen LogP contribution in [-0.4, -0.2) is 55.6 Å². The smallest absolute Gasteiger partial charge is 0.318 e. The lowest BCUT2D eigenvalue weighted by Gasteiger charge is -2.29. The van der Waals surface area contributed by atoms with E-state index in [0.717, 1.165) is 67.7 Å². The quantitative estimate of drug-likeness (QED) is 0.804. The van der Waals surface area contributed by atoms with Gasteiger partial charge in [0.15, 0.2) is 5.82 Å². The number of thioether (sulfide) groups is 1. The van der Waals surface area contributed by atoms with Gasteiger partial charge in [-0.25, -0.2) is 14.8 Å². The molecule has 7 nitrogen and oxygen atoms in total. The minimum Gasteiger partial charge on any atom is -0.378 e. The minimum absolute atomic E-state index is 0.124. The van der Waals surface area contributed by atoms with Crippen molar-refractivity contribution in [2.45, 2.75) is 17.6 Å². The number of benzene rings is 1. The van der Waals surface area contributed by atoms with Gasteiger partial charge in [0.1, 0.15) is 5.82 Å². The van der Waals surface area contributed by atoms with Gasteiger partial charge in [-0.3, -0.25) is 0 Å². The van der Waals surface area contributed by atoms with E-state index in [2.05, 4.69) is 27.9 Å². The number of morpholine rings is 1. The van der Waals surface area contributed by atoms with Crippen LogP contribution in [0.15, 0.2) is 30.3 Å². The highest BCUT2D eigenvalue weighted by molar-refractivity contribution is 7.99. The number of nitrogens with zero attached hydrogens (tertiary/aromatic N) is 3. The van der Waals surface area contributed by atoms with Crippen molar-refractivity contribution in [1.29, 1.82) is 0 Å². The topological polar surface area (TPSA) is 79.4 Å². The Balaban J connectivity index is 1.67. The molecule has 2 aromatic rings. The van der Waals surface area contributed by atoms with Crippen LogP contribution in [0.4, 0.5) is 16.3 Å². The molecule has 1 aliphatic carbocycles. The molecule has 2 amide bonds. The van der Waals surface area contributed by atoms with E-state index < -0.39 is 0 Å². The first-order valence-corrected chi connectivity index (χ1v) is 10.7. The Morgan fingerprint density at radius 2 is 1.89 bits per heavy atom. The van der Waals surface area contributed by atoms with Gasteiger partial charge >= 0.3 is 6.03 Å². The van der Waals surface area contributed by atoms with E-state index in [-0.39, 0.29) is 10.8 Å². The molecule has 28 heavy (non-hydrogen) atoms. The van der Waals surface area contributed by atoms with Gasteiger partial charge in [-0.15, -0.1) is 0 Å². The third kappa shape index (κ3) is 3.93. The number of nitrogens with one attached hydrogen (secondary N) is 2. The van der Waals surface area contributed by atoms with Crippen molar-refractivity contribution in [2.75, 3.05) is 49.8 Å². The number of aromatic nitrogens is 2. The second-order valence-corrected chi connectivity index (χ2v) is 8.20. The summed E-state index contributed by atoms with van der Waals surface area (Å²) in [4.78, 5) is 23.5. The molecule has 1 saturated heterocycles. The van der Waals surface area contributed by atoms with Crippen LogP contribution in [0.5, 0.6) is 0 Å². The summed E-state index contributed by atoms with van der Waals surface area (Å²) in [6.07, 6.45) is 4.47. The summed E-state index contributed by atoms with van der Waals surface area (Å²) in [7, 11) is 1.59. The van der Waals surface area contributed by atoms with E-state index in [4.69, 9.17) is 14.7 Å². The van der Waals surface area contributed by atoms with Crippen molar-refractivity contribution >= 4 is 29.3 Å². The molecule has 8 heteroatoms. The van der Waals surface area contributed by atoms with Crippen molar-refractivity contribution in [2.24, 2.45) is 0 Å². The zero-order valence-corrected chi connectivity index (χ0v) is 17.0. The molecule has 1 aromatic heterocycles. The monoisotopic (exact) mass is 399 g/mol. The predicted octanol–water partition coefficient (Wildman–Crippen LogP) is 3.08. The number of hydrogen-bond acceptors (Lipinski definition) is 6. The number of ether oxygens (including phenoxy) is 1. The molecule has 0 spiro atoms. The van der Waals surface area contributed by atoms with E-state index in [1.54, 1.807) is 7.05 Å². The number of carbonyl (C=O) groups is 1. The third-order valence-corrected chi connectivity index (χ3v) is 6.64. The van der Waals surface area contributed by atoms with Crippen molar-refractivity contribution in [1.82, 2.24) is 15.3 Å². The zero-order chi connectivity index (χ0) is 19.6. The fraction of sp³-hybridized carbons (Fsp3) is 0.450. The maximum Gasteiger partial charge on any atom is 0.318 e. The van der Waals surface area contributed by atoms with Crippen molar-refractivity contribution in [3.05, 3.63) is 36.0 Å². The Morgan fingerprint density at radius 1 is 1.18 bits per heavy atom. The lowest BCUT2D eigenvalue weighted by Crippen LogP contribution is -2.37. The fourth-order valence-corrected chi connectivity index (χ4v) is 4.15. The summed E-state index contributed by atoms with van der Waals surface area (Å²) in [6.45, 7) is 3.14. The zero-order valence-electron chi connectivity index (χ0n) is 16.2. The van der Waals surface area contributed by atoms with Crippen molar-refractivity contribution in [3.8, 4) is 11.4 Å². The van der Waals surface area contributed by atoms with Crippen molar-refractivity contribution in [3.63, 3.8) is 0 Å². The summed E-state index contributed by atoms with van der Waals surface area (Å²) in [5.74, 6) is 1.70. The Labute approximate surface area is 169 Å². The lowest BCUT2D eigenvalue weighted by molar-refractivity contribution is 0.122. The second-order valence-electron chi connectivity index (χ2n) is 7.01. The first-order valence-electron chi connectivity index (χ1n) is 9.50. The van der Waals surface area contributed by atoms with E-state index in [0.29, 0.717) is 0 Å². The number of rotatable bonds is 5. The number of urea groups is 1. The Bertz CT molecular complexity index is 848. The number of amides is 2. The molecule has 2 aliphatic rings. The second kappa shape index (κ2) is 7.97. The van der Waals surface area contributed by atoms with Gasteiger partial charge in [0, 0.05) is 37.5 Å². The maximum atomic E-state index is 11.5. The van der Waals surface area contributed by atoms with Crippen LogP contribution in [0.2, 0.25) is 0 Å². The van der Waals surface area contributed by atoms with E-state index in [1.165, 1.54) is 0 Å². The molecule has 2 fully saturated rings. The largest absolute Gasteiger partial charge is 0.378 e. The Hall–Kier alpha value is -2.32. The molecule has 0 unspecified atom stereocenters. The summed E-state index contributed by atoms with van der Waals surface area (Å²) >= 11 is 1.87. The van der Waals surface area contributed by atoms with E-state index in [1.807, 2.05) is 36.0 Å². The highest BCUT2D eigenvalue weighted by Crippen LogP contribution is 2.55. The maximum absolute atomic E-state index is 11.5. The lowest BCUT2D eigenvalue weighted by atomic mass is 10.1. The Morgan fingerprint density at radius 3 is 2.50 bits per heavy atom. The van der Waals surface area contributed by atoms with Crippen LogP contribution in [0, 0.1) is 0 Å².